The lowest BCUT2D eigenvalue weighted by molar-refractivity contribution is 0.415. The highest BCUT2D eigenvalue weighted by Crippen LogP contribution is 2.41. The Morgan fingerprint density at radius 1 is 1.15 bits per heavy atom. The third-order valence-corrected chi connectivity index (χ3v) is 5.48. The van der Waals surface area contributed by atoms with Gasteiger partial charge in [-0.05, 0) is 41.8 Å². The summed E-state index contributed by atoms with van der Waals surface area (Å²) in [5, 5.41) is 8.63. The summed E-state index contributed by atoms with van der Waals surface area (Å²) in [5.74, 6) is 1.41. The molecule has 0 aliphatic heterocycles. The minimum absolute atomic E-state index is 0.465. The standard InChI is InChI=1S/C20H17N5OS/c1-13-17-19(27-18(13)15-6-3-7-16(9-15)26-2)20(23-12-22-17)25-24-11-14-5-4-8-21-10-14/h3-10,12H,11H2,1-2H3. The second kappa shape index (κ2) is 7.59. The summed E-state index contributed by atoms with van der Waals surface area (Å²) < 4.78 is 6.28. The molecule has 4 rings (SSSR count). The first-order valence-electron chi connectivity index (χ1n) is 8.41. The Balaban J connectivity index is 1.71. The number of pyridine rings is 1. The second-order valence-corrected chi connectivity index (χ2v) is 6.94. The van der Waals surface area contributed by atoms with Gasteiger partial charge >= 0.3 is 0 Å². The van der Waals surface area contributed by atoms with E-state index < -0.39 is 0 Å². The summed E-state index contributed by atoms with van der Waals surface area (Å²) in [7, 11) is 1.67. The number of methoxy groups -OCH3 is 1. The van der Waals surface area contributed by atoms with E-state index in [1.165, 1.54) is 6.33 Å². The van der Waals surface area contributed by atoms with E-state index in [-0.39, 0.29) is 0 Å². The molecular weight excluding hydrogens is 358 g/mol. The van der Waals surface area contributed by atoms with Gasteiger partial charge in [0.15, 0.2) is 5.82 Å². The quantitative estimate of drug-likeness (QED) is 0.441. The van der Waals surface area contributed by atoms with Crippen molar-refractivity contribution in [2.24, 2.45) is 10.2 Å². The van der Waals surface area contributed by atoms with Crippen LogP contribution in [0.2, 0.25) is 0 Å². The van der Waals surface area contributed by atoms with Gasteiger partial charge in [-0.1, -0.05) is 18.2 Å². The Morgan fingerprint density at radius 2 is 2.07 bits per heavy atom. The lowest BCUT2D eigenvalue weighted by Crippen LogP contribution is -1.84. The van der Waals surface area contributed by atoms with E-state index in [0.717, 1.165) is 37.5 Å². The van der Waals surface area contributed by atoms with Crippen LogP contribution in [-0.2, 0) is 6.54 Å². The zero-order valence-corrected chi connectivity index (χ0v) is 15.8. The van der Waals surface area contributed by atoms with Crippen molar-refractivity contribution in [1.29, 1.82) is 0 Å². The first-order chi connectivity index (χ1) is 13.3. The molecule has 0 saturated heterocycles. The fraction of sp³-hybridized carbons (Fsp3) is 0.150. The van der Waals surface area contributed by atoms with Gasteiger partial charge in [0.2, 0.25) is 0 Å². The Morgan fingerprint density at radius 3 is 2.89 bits per heavy atom. The van der Waals surface area contributed by atoms with Gasteiger partial charge in [0.1, 0.15) is 16.8 Å². The number of aromatic nitrogens is 3. The molecular formula is C20H17N5OS. The van der Waals surface area contributed by atoms with Crippen LogP contribution in [0.15, 0.2) is 65.3 Å². The van der Waals surface area contributed by atoms with Gasteiger partial charge in [0.25, 0.3) is 0 Å². The van der Waals surface area contributed by atoms with E-state index in [2.05, 4.69) is 38.2 Å². The SMILES string of the molecule is COc1cccc(-c2sc3c(N=NCc4cccnc4)ncnc3c2C)c1. The molecule has 0 N–H and O–H groups in total. The molecule has 0 aliphatic rings. The molecule has 3 heterocycles. The molecule has 6 nitrogen and oxygen atoms in total. The Kier molecular flexibility index (Phi) is 4.84. The number of ether oxygens (including phenoxy) is 1. The van der Waals surface area contributed by atoms with E-state index in [9.17, 15) is 0 Å². The van der Waals surface area contributed by atoms with Gasteiger partial charge in [0.05, 0.1) is 19.2 Å². The maximum Gasteiger partial charge on any atom is 0.195 e. The van der Waals surface area contributed by atoms with Crippen LogP contribution in [0, 0.1) is 6.92 Å². The molecule has 0 unspecified atom stereocenters. The lowest BCUT2D eigenvalue weighted by Gasteiger charge is -2.03. The average molecular weight is 375 g/mol. The van der Waals surface area contributed by atoms with Crippen molar-refractivity contribution < 1.29 is 4.74 Å². The Labute approximate surface area is 160 Å². The molecule has 4 aromatic rings. The van der Waals surface area contributed by atoms with E-state index in [4.69, 9.17) is 4.74 Å². The van der Waals surface area contributed by atoms with Crippen molar-refractivity contribution in [3.05, 3.63) is 66.2 Å². The van der Waals surface area contributed by atoms with Crippen LogP contribution in [0.3, 0.4) is 0 Å². The van der Waals surface area contributed by atoms with Crippen LogP contribution in [0.1, 0.15) is 11.1 Å². The highest BCUT2D eigenvalue weighted by atomic mass is 32.1. The van der Waals surface area contributed by atoms with Crippen molar-refractivity contribution in [3.63, 3.8) is 0 Å². The van der Waals surface area contributed by atoms with Crippen LogP contribution in [0.25, 0.3) is 20.7 Å². The third kappa shape index (κ3) is 3.54. The fourth-order valence-electron chi connectivity index (χ4n) is 2.80. The van der Waals surface area contributed by atoms with Gasteiger partial charge in [0, 0.05) is 17.3 Å². The molecule has 3 aromatic heterocycles. The van der Waals surface area contributed by atoms with E-state index >= 15 is 0 Å². The number of thiophene rings is 1. The molecule has 27 heavy (non-hydrogen) atoms. The molecule has 134 valence electrons. The van der Waals surface area contributed by atoms with Crippen LogP contribution in [-0.4, -0.2) is 22.1 Å². The summed E-state index contributed by atoms with van der Waals surface area (Å²) in [6, 6.07) is 11.9. The summed E-state index contributed by atoms with van der Waals surface area (Å²) in [6.45, 7) is 2.53. The van der Waals surface area contributed by atoms with Gasteiger partial charge < -0.3 is 4.74 Å². The number of benzene rings is 1. The Hall–Kier alpha value is -3.19. The number of azo groups is 1. The van der Waals surface area contributed by atoms with Crippen molar-refractivity contribution in [1.82, 2.24) is 15.0 Å². The molecule has 0 bridgehead atoms. The molecule has 0 spiro atoms. The molecule has 0 saturated carbocycles. The van der Waals surface area contributed by atoms with Gasteiger partial charge in [-0.2, -0.15) is 5.11 Å². The number of fused-ring (bicyclic) bond motifs is 1. The smallest absolute Gasteiger partial charge is 0.195 e. The molecule has 1 aromatic carbocycles. The molecule has 0 atom stereocenters. The molecule has 7 heteroatoms. The normalized spacial score (nSPS) is 11.3. The fourth-order valence-corrected chi connectivity index (χ4v) is 3.98. The zero-order chi connectivity index (χ0) is 18.6. The van der Waals surface area contributed by atoms with Crippen LogP contribution < -0.4 is 4.74 Å². The predicted molar refractivity (Wildman–Crippen MR) is 107 cm³/mol. The number of hydrogen-bond acceptors (Lipinski definition) is 7. The lowest BCUT2D eigenvalue weighted by atomic mass is 10.1. The van der Waals surface area contributed by atoms with Crippen LogP contribution >= 0.6 is 11.3 Å². The topological polar surface area (TPSA) is 72.6 Å². The summed E-state index contributed by atoms with van der Waals surface area (Å²) in [4.78, 5) is 14.0. The third-order valence-electron chi connectivity index (χ3n) is 4.16. The first kappa shape index (κ1) is 17.2. The number of rotatable bonds is 5. The second-order valence-electron chi connectivity index (χ2n) is 5.92. The van der Waals surface area contributed by atoms with Crippen molar-refractivity contribution in [2.45, 2.75) is 13.5 Å². The Bertz CT molecular complexity index is 1110. The largest absolute Gasteiger partial charge is 0.497 e. The van der Waals surface area contributed by atoms with E-state index in [0.29, 0.717) is 12.4 Å². The molecule has 0 radical (unpaired) electrons. The van der Waals surface area contributed by atoms with Gasteiger partial charge in [-0.15, -0.1) is 16.5 Å². The van der Waals surface area contributed by atoms with Crippen LogP contribution in [0.4, 0.5) is 5.82 Å². The number of hydrogen-bond donors (Lipinski definition) is 0. The minimum Gasteiger partial charge on any atom is -0.497 e. The van der Waals surface area contributed by atoms with E-state index in [1.54, 1.807) is 30.8 Å². The zero-order valence-electron chi connectivity index (χ0n) is 15.0. The maximum absolute atomic E-state index is 5.35. The molecule has 0 amide bonds. The van der Waals surface area contributed by atoms with E-state index in [1.807, 2.05) is 30.3 Å². The minimum atomic E-state index is 0.465. The average Bonchev–Trinajstić information content (AvgIpc) is 3.06. The number of aryl methyl sites for hydroxylation is 1. The van der Waals surface area contributed by atoms with Crippen molar-refractivity contribution in [2.75, 3.05) is 7.11 Å². The first-order valence-corrected chi connectivity index (χ1v) is 9.23. The highest BCUT2D eigenvalue weighted by Gasteiger charge is 2.15. The maximum atomic E-state index is 5.35. The summed E-state index contributed by atoms with van der Waals surface area (Å²) in [5.41, 5.74) is 4.11. The monoisotopic (exact) mass is 375 g/mol. The van der Waals surface area contributed by atoms with Gasteiger partial charge in [-0.3, -0.25) is 4.98 Å². The van der Waals surface area contributed by atoms with Crippen molar-refractivity contribution >= 4 is 27.4 Å². The molecule has 0 aliphatic carbocycles. The van der Waals surface area contributed by atoms with Crippen molar-refractivity contribution in [3.8, 4) is 16.2 Å². The highest BCUT2D eigenvalue weighted by molar-refractivity contribution is 7.23. The summed E-state index contributed by atoms with van der Waals surface area (Å²) >= 11 is 1.62. The molecule has 0 fully saturated rings. The van der Waals surface area contributed by atoms with Gasteiger partial charge in [-0.25, -0.2) is 9.97 Å². The van der Waals surface area contributed by atoms with Crippen LogP contribution in [0.5, 0.6) is 5.75 Å². The predicted octanol–water partition coefficient (Wildman–Crippen LogP) is 5.35. The summed E-state index contributed by atoms with van der Waals surface area (Å²) in [6.07, 6.45) is 5.06. The number of nitrogens with zero attached hydrogens (tertiary/aromatic N) is 5.